The zero-order valence-corrected chi connectivity index (χ0v) is 10.9. The van der Waals surface area contributed by atoms with Crippen LogP contribution in [0.2, 0.25) is 0 Å². The molecule has 5 heteroatoms. The summed E-state index contributed by atoms with van der Waals surface area (Å²) in [6.45, 7) is 2.06. The second kappa shape index (κ2) is 5.67. The molecule has 2 aromatic rings. The molecule has 0 radical (unpaired) electrons. The normalized spacial score (nSPS) is 12.3. The van der Waals surface area contributed by atoms with E-state index in [1.807, 2.05) is 24.3 Å². The second-order valence-corrected chi connectivity index (χ2v) is 4.54. The Balaban J connectivity index is 2.35. The molecule has 0 bridgehead atoms. The van der Waals surface area contributed by atoms with E-state index in [1.54, 1.807) is 10.9 Å². The maximum absolute atomic E-state index is 11.1. The highest BCUT2D eigenvalue weighted by molar-refractivity contribution is 5.92. The van der Waals surface area contributed by atoms with E-state index in [-0.39, 0.29) is 6.04 Å². The van der Waals surface area contributed by atoms with Crippen molar-refractivity contribution in [2.24, 2.45) is 11.5 Å². The van der Waals surface area contributed by atoms with E-state index in [2.05, 4.69) is 12.0 Å². The highest BCUT2D eigenvalue weighted by Gasteiger charge is 2.10. The first-order valence-corrected chi connectivity index (χ1v) is 6.30. The molecule has 19 heavy (non-hydrogen) atoms. The highest BCUT2D eigenvalue weighted by Crippen LogP contribution is 2.16. The topological polar surface area (TPSA) is 86.9 Å². The lowest BCUT2D eigenvalue weighted by Crippen LogP contribution is -2.22. The second-order valence-electron chi connectivity index (χ2n) is 4.54. The number of hydrogen-bond acceptors (Lipinski definition) is 3. The average molecular weight is 258 g/mol. The first-order valence-electron chi connectivity index (χ1n) is 6.30. The fourth-order valence-electron chi connectivity index (χ4n) is 1.92. The van der Waals surface area contributed by atoms with Crippen LogP contribution < -0.4 is 11.5 Å². The number of aromatic nitrogens is 2. The zero-order valence-electron chi connectivity index (χ0n) is 10.9. The van der Waals surface area contributed by atoms with Gasteiger partial charge in [0.05, 0.1) is 17.4 Å². The SMILES string of the molecule is CCC(N)Cc1ccccc1-n1cc(C(N)=O)cn1. The molecule has 4 N–H and O–H groups in total. The summed E-state index contributed by atoms with van der Waals surface area (Å²) in [5, 5.41) is 4.18. The molecule has 1 amide bonds. The van der Waals surface area contributed by atoms with E-state index in [4.69, 9.17) is 11.5 Å². The van der Waals surface area contributed by atoms with Gasteiger partial charge in [-0.1, -0.05) is 25.1 Å². The zero-order chi connectivity index (χ0) is 13.8. The Hall–Kier alpha value is -2.14. The molecular formula is C14H18N4O. The van der Waals surface area contributed by atoms with E-state index in [0.717, 1.165) is 24.1 Å². The van der Waals surface area contributed by atoms with Crippen LogP contribution in [-0.4, -0.2) is 21.7 Å². The quantitative estimate of drug-likeness (QED) is 0.846. The number of carbonyl (C=O) groups excluding carboxylic acids is 1. The smallest absolute Gasteiger partial charge is 0.251 e. The lowest BCUT2D eigenvalue weighted by molar-refractivity contribution is 0.100. The Labute approximate surface area is 112 Å². The van der Waals surface area contributed by atoms with Crippen molar-refractivity contribution in [2.75, 3.05) is 0 Å². The summed E-state index contributed by atoms with van der Waals surface area (Å²) in [6.07, 6.45) is 4.80. The van der Waals surface area contributed by atoms with Gasteiger partial charge in [0.2, 0.25) is 0 Å². The van der Waals surface area contributed by atoms with Gasteiger partial charge in [-0.15, -0.1) is 0 Å². The van der Waals surface area contributed by atoms with Gasteiger partial charge in [0.1, 0.15) is 0 Å². The molecule has 0 spiro atoms. The third-order valence-electron chi connectivity index (χ3n) is 3.11. The molecule has 1 heterocycles. The molecule has 1 aromatic heterocycles. The van der Waals surface area contributed by atoms with Crippen LogP contribution in [0.15, 0.2) is 36.7 Å². The van der Waals surface area contributed by atoms with Crippen molar-refractivity contribution in [3.05, 3.63) is 47.8 Å². The first kappa shape index (κ1) is 13.3. The maximum Gasteiger partial charge on any atom is 0.251 e. The summed E-state index contributed by atoms with van der Waals surface area (Å²) < 4.78 is 1.66. The number of benzene rings is 1. The van der Waals surface area contributed by atoms with Crippen molar-refractivity contribution in [1.29, 1.82) is 0 Å². The van der Waals surface area contributed by atoms with Crippen molar-refractivity contribution in [1.82, 2.24) is 9.78 Å². The molecule has 2 rings (SSSR count). The molecular weight excluding hydrogens is 240 g/mol. The Kier molecular flexibility index (Phi) is 3.97. The van der Waals surface area contributed by atoms with E-state index < -0.39 is 5.91 Å². The summed E-state index contributed by atoms with van der Waals surface area (Å²) >= 11 is 0. The number of carbonyl (C=O) groups is 1. The maximum atomic E-state index is 11.1. The van der Waals surface area contributed by atoms with Crippen LogP contribution in [0.25, 0.3) is 5.69 Å². The lowest BCUT2D eigenvalue weighted by atomic mass is 10.0. The molecule has 0 fully saturated rings. The van der Waals surface area contributed by atoms with Crippen molar-refractivity contribution in [3.8, 4) is 5.69 Å². The number of para-hydroxylation sites is 1. The van der Waals surface area contributed by atoms with Crippen LogP contribution in [0, 0.1) is 0 Å². The van der Waals surface area contributed by atoms with Gasteiger partial charge in [-0.3, -0.25) is 4.79 Å². The van der Waals surface area contributed by atoms with E-state index in [0.29, 0.717) is 5.56 Å². The molecule has 5 nitrogen and oxygen atoms in total. The summed E-state index contributed by atoms with van der Waals surface area (Å²) in [4.78, 5) is 11.1. The van der Waals surface area contributed by atoms with Gasteiger partial charge >= 0.3 is 0 Å². The molecule has 1 unspecified atom stereocenters. The fraction of sp³-hybridized carbons (Fsp3) is 0.286. The molecule has 1 aromatic carbocycles. The van der Waals surface area contributed by atoms with Crippen molar-refractivity contribution in [2.45, 2.75) is 25.8 Å². The predicted octanol–water partition coefficient (Wildman–Crippen LogP) is 1.25. The summed E-state index contributed by atoms with van der Waals surface area (Å²) in [5.41, 5.74) is 13.7. The minimum absolute atomic E-state index is 0.118. The van der Waals surface area contributed by atoms with Gasteiger partial charge in [-0.2, -0.15) is 5.10 Å². The van der Waals surface area contributed by atoms with Crippen molar-refractivity contribution in [3.63, 3.8) is 0 Å². The predicted molar refractivity (Wildman–Crippen MR) is 74.1 cm³/mol. The molecule has 0 aliphatic carbocycles. The minimum Gasteiger partial charge on any atom is -0.366 e. The standard InChI is InChI=1S/C14H18N4O/c1-2-12(15)7-10-5-3-4-6-13(10)18-9-11(8-17-18)14(16)19/h3-6,8-9,12H,2,7,15H2,1H3,(H2,16,19). The Morgan fingerprint density at radius 3 is 2.79 bits per heavy atom. The van der Waals surface area contributed by atoms with Gasteiger partial charge in [-0.25, -0.2) is 4.68 Å². The molecule has 0 saturated carbocycles. The summed E-state index contributed by atoms with van der Waals surface area (Å²) in [6, 6.07) is 8.00. The Bertz CT molecular complexity index is 576. The Morgan fingerprint density at radius 1 is 1.42 bits per heavy atom. The fourth-order valence-corrected chi connectivity index (χ4v) is 1.92. The number of nitrogens with two attached hydrogens (primary N) is 2. The third-order valence-corrected chi connectivity index (χ3v) is 3.11. The largest absolute Gasteiger partial charge is 0.366 e. The molecule has 0 aliphatic heterocycles. The van der Waals surface area contributed by atoms with E-state index >= 15 is 0 Å². The van der Waals surface area contributed by atoms with E-state index in [1.165, 1.54) is 6.20 Å². The lowest BCUT2D eigenvalue weighted by Gasteiger charge is -2.13. The summed E-state index contributed by atoms with van der Waals surface area (Å²) in [5.74, 6) is -0.478. The monoisotopic (exact) mass is 258 g/mol. The number of rotatable bonds is 5. The highest BCUT2D eigenvalue weighted by atomic mass is 16.1. The van der Waals surface area contributed by atoms with Gasteiger partial charge in [-0.05, 0) is 24.5 Å². The van der Waals surface area contributed by atoms with Crippen LogP contribution in [0.3, 0.4) is 0 Å². The van der Waals surface area contributed by atoms with Crippen LogP contribution in [-0.2, 0) is 6.42 Å². The first-order chi connectivity index (χ1) is 9.11. The molecule has 1 atom stereocenters. The number of hydrogen-bond donors (Lipinski definition) is 2. The number of amides is 1. The Morgan fingerprint density at radius 2 is 2.16 bits per heavy atom. The van der Waals surface area contributed by atoms with Gasteiger partial charge in [0, 0.05) is 12.2 Å². The van der Waals surface area contributed by atoms with Gasteiger partial charge in [0.15, 0.2) is 0 Å². The van der Waals surface area contributed by atoms with Crippen molar-refractivity contribution >= 4 is 5.91 Å². The number of primary amides is 1. The summed E-state index contributed by atoms with van der Waals surface area (Å²) in [7, 11) is 0. The van der Waals surface area contributed by atoms with E-state index in [9.17, 15) is 4.79 Å². The average Bonchev–Trinajstić information content (AvgIpc) is 2.89. The van der Waals surface area contributed by atoms with Crippen LogP contribution in [0.5, 0.6) is 0 Å². The number of nitrogens with zero attached hydrogens (tertiary/aromatic N) is 2. The third kappa shape index (κ3) is 3.00. The molecule has 0 aliphatic rings. The van der Waals surface area contributed by atoms with Crippen LogP contribution in [0.1, 0.15) is 29.3 Å². The van der Waals surface area contributed by atoms with Crippen molar-refractivity contribution < 1.29 is 4.79 Å². The minimum atomic E-state index is -0.478. The van der Waals surface area contributed by atoms with Crippen LogP contribution >= 0.6 is 0 Å². The molecule has 0 saturated heterocycles. The van der Waals surface area contributed by atoms with Crippen LogP contribution in [0.4, 0.5) is 0 Å². The molecule has 100 valence electrons. The van der Waals surface area contributed by atoms with Gasteiger partial charge < -0.3 is 11.5 Å². The van der Waals surface area contributed by atoms with Gasteiger partial charge in [0.25, 0.3) is 5.91 Å².